The van der Waals surface area contributed by atoms with Gasteiger partial charge in [0.1, 0.15) is 11.5 Å². The van der Waals surface area contributed by atoms with Crippen molar-refractivity contribution in [1.29, 1.82) is 0 Å². The van der Waals surface area contributed by atoms with Crippen LogP contribution in [0.5, 0.6) is 0 Å². The normalized spacial score (nSPS) is 30.0. The summed E-state index contributed by atoms with van der Waals surface area (Å²) in [5.41, 5.74) is 8.57. The topological polar surface area (TPSA) is 74.0 Å². The lowest BCUT2D eigenvalue weighted by molar-refractivity contribution is 0.186. The fourth-order valence-corrected chi connectivity index (χ4v) is 2.96. The van der Waals surface area contributed by atoms with Gasteiger partial charge in [0.05, 0.1) is 0 Å². The molecule has 3 N–H and O–H groups in total. The largest absolute Gasteiger partial charge is 0.377 e. The lowest BCUT2D eigenvalue weighted by Crippen LogP contribution is -2.48. The van der Waals surface area contributed by atoms with Crippen molar-refractivity contribution < 1.29 is 4.79 Å². The van der Waals surface area contributed by atoms with Crippen molar-refractivity contribution in [3.8, 4) is 0 Å². The van der Waals surface area contributed by atoms with Crippen LogP contribution in [-0.2, 0) is 0 Å². The van der Waals surface area contributed by atoms with Crippen molar-refractivity contribution in [2.75, 3.05) is 13.1 Å². The molecule has 0 radical (unpaired) electrons. The number of hydrogen-bond donors (Lipinski definition) is 2. The number of amides is 2. The molecule has 0 saturated carbocycles. The molecule has 2 heterocycles. The molecule has 0 spiro atoms. The van der Waals surface area contributed by atoms with Crippen LogP contribution in [0.2, 0.25) is 0 Å². The van der Waals surface area contributed by atoms with Crippen molar-refractivity contribution >= 4 is 23.0 Å². The van der Waals surface area contributed by atoms with Gasteiger partial charge in [-0.2, -0.15) is 5.10 Å². The summed E-state index contributed by atoms with van der Waals surface area (Å²) < 4.78 is 0. The Kier molecular flexibility index (Phi) is 2.64. The number of nitrogens with one attached hydrogen (secondary N) is 1. The average Bonchev–Trinajstić information content (AvgIpc) is 2.48. The number of fused-ring (bicyclic) bond motifs is 1. The molecule has 84 valence electrons. The molecule has 2 aliphatic rings. The second-order valence-electron chi connectivity index (χ2n) is 3.39. The van der Waals surface area contributed by atoms with Crippen LogP contribution >= 0.6 is 11.8 Å². The molecule has 0 aliphatic carbocycles. The van der Waals surface area contributed by atoms with E-state index in [9.17, 15) is 4.79 Å². The van der Waals surface area contributed by atoms with Crippen LogP contribution in [0, 0.1) is 0 Å². The second kappa shape index (κ2) is 3.80. The second-order valence-corrected chi connectivity index (χ2v) is 4.52. The predicted molar refractivity (Wildman–Crippen MR) is 60.1 cm³/mol. The van der Waals surface area contributed by atoms with Gasteiger partial charge in [0.25, 0.3) is 0 Å². The van der Waals surface area contributed by atoms with Gasteiger partial charge < -0.3 is 15.5 Å². The molecule has 6 nitrogen and oxygen atoms in total. The minimum atomic E-state index is -0.0558. The number of carbonyl (C=O) groups excluding carboxylic acids is 1. The number of nitrogens with two attached hydrogens (primary N) is 1. The predicted octanol–water partition coefficient (Wildman–Crippen LogP) is -0.0179. The van der Waals surface area contributed by atoms with E-state index in [1.54, 1.807) is 4.90 Å². The molecule has 15 heavy (non-hydrogen) atoms. The SMILES string of the molecule is CCN1C(=O)N(CC)[C@H]2NN=C(N)S[C@H]21. The van der Waals surface area contributed by atoms with Crippen molar-refractivity contribution in [2.24, 2.45) is 10.8 Å². The number of urea groups is 1. The fourth-order valence-electron chi connectivity index (χ4n) is 1.91. The summed E-state index contributed by atoms with van der Waals surface area (Å²) in [5.74, 6) is 0. The first-order valence-corrected chi connectivity index (χ1v) is 5.89. The first-order chi connectivity index (χ1) is 7.19. The van der Waals surface area contributed by atoms with Crippen molar-refractivity contribution in [3.63, 3.8) is 0 Å². The highest BCUT2D eigenvalue weighted by molar-refractivity contribution is 8.14. The molecule has 7 heteroatoms. The third-order valence-corrected chi connectivity index (χ3v) is 3.72. The zero-order valence-corrected chi connectivity index (χ0v) is 9.62. The molecule has 0 aromatic heterocycles. The molecule has 2 amide bonds. The van der Waals surface area contributed by atoms with E-state index in [0.717, 1.165) is 0 Å². The number of hydrogen-bond acceptors (Lipinski definition) is 5. The summed E-state index contributed by atoms with van der Waals surface area (Å²) in [6.07, 6.45) is -0.0558. The molecule has 0 aromatic carbocycles. The van der Waals surface area contributed by atoms with Gasteiger partial charge in [0, 0.05) is 13.1 Å². The summed E-state index contributed by atoms with van der Waals surface area (Å²) in [7, 11) is 0. The Bertz CT molecular complexity index is 307. The van der Waals surface area contributed by atoms with E-state index in [1.807, 2.05) is 18.7 Å². The third kappa shape index (κ3) is 1.50. The summed E-state index contributed by atoms with van der Waals surface area (Å²) in [4.78, 5) is 15.5. The van der Waals surface area contributed by atoms with Crippen LogP contribution < -0.4 is 11.2 Å². The highest BCUT2D eigenvalue weighted by Gasteiger charge is 2.46. The summed E-state index contributed by atoms with van der Waals surface area (Å²) in [6.45, 7) is 5.30. The number of likely N-dealkylation sites (N-methyl/N-ethyl adjacent to an activating group) is 2. The average molecular weight is 229 g/mol. The van der Waals surface area contributed by atoms with Crippen molar-refractivity contribution in [3.05, 3.63) is 0 Å². The Morgan fingerprint density at radius 3 is 2.73 bits per heavy atom. The van der Waals surface area contributed by atoms with Crippen LogP contribution in [0.1, 0.15) is 13.8 Å². The molecular formula is C8H15N5OS. The number of thioether (sulfide) groups is 1. The summed E-state index contributed by atoms with van der Waals surface area (Å²) in [5, 5.41) is 4.49. The smallest absolute Gasteiger partial charge is 0.322 e. The summed E-state index contributed by atoms with van der Waals surface area (Å²) in [6, 6.07) is 0.0555. The van der Waals surface area contributed by atoms with Crippen LogP contribution in [0.15, 0.2) is 5.10 Å². The Balaban J connectivity index is 2.25. The first kappa shape index (κ1) is 10.4. The van der Waals surface area contributed by atoms with Gasteiger partial charge in [-0.25, -0.2) is 4.79 Å². The minimum absolute atomic E-state index is 0.0416. The van der Waals surface area contributed by atoms with Gasteiger partial charge in [-0.3, -0.25) is 5.43 Å². The lowest BCUT2D eigenvalue weighted by Gasteiger charge is -2.29. The maximum absolute atomic E-state index is 11.9. The van der Waals surface area contributed by atoms with Crippen LogP contribution in [0.25, 0.3) is 0 Å². The number of rotatable bonds is 2. The first-order valence-electron chi connectivity index (χ1n) is 5.01. The van der Waals surface area contributed by atoms with E-state index in [0.29, 0.717) is 18.3 Å². The molecule has 2 rings (SSSR count). The van der Waals surface area contributed by atoms with Gasteiger partial charge in [-0.1, -0.05) is 11.8 Å². The van der Waals surface area contributed by atoms with E-state index in [-0.39, 0.29) is 17.6 Å². The van der Waals surface area contributed by atoms with E-state index in [1.165, 1.54) is 11.8 Å². The van der Waals surface area contributed by atoms with Crippen molar-refractivity contribution in [2.45, 2.75) is 25.4 Å². The van der Waals surface area contributed by atoms with Crippen LogP contribution in [0.3, 0.4) is 0 Å². The zero-order chi connectivity index (χ0) is 11.0. The van der Waals surface area contributed by atoms with Crippen molar-refractivity contribution in [1.82, 2.24) is 15.2 Å². The molecule has 2 aliphatic heterocycles. The Morgan fingerprint density at radius 2 is 2.13 bits per heavy atom. The van der Waals surface area contributed by atoms with Gasteiger partial charge >= 0.3 is 6.03 Å². The Morgan fingerprint density at radius 1 is 1.47 bits per heavy atom. The number of nitrogens with zero attached hydrogens (tertiary/aromatic N) is 3. The highest BCUT2D eigenvalue weighted by Crippen LogP contribution is 2.31. The van der Waals surface area contributed by atoms with Gasteiger partial charge in [-0.05, 0) is 13.8 Å². The van der Waals surface area contributed by atoms with Gasteiger partial charge in [0.2, 0.25) is 0 Å². The maximum Gasteiger partial charge on any atom is 0.322 e. The number of carbonyl (C=O) groups is 1. The van der Waals surface area contributed by atoms with E-state index in [2.05, 4.69) is 10.5 Å². The maximum atomic E-state index is 11.9. The molecule has 1 fully saturated rings. The fraction of sp³-hybridized carbons (Fsp3) is 0.750. The zero-order valence-electron chi connectivity index (χ0n) is 8.80. The minimum Gasteiger partial charge on any atom is -0.377 e. The number of amidine groups is 1. The standard InChI is InChI=1S/C8H15N5OS/c1-3-12-5-6(13(4-2)8(12)14)15-7(9)11-10-5/h5-6,10H,3-4H2,1-2H3,(H2,9,11)/t5-,6-/m1/s1. The summed E-state index contributed by atoms with van der Waals surface area (Å²) >= 11 is 1.44. The quantitative estimate of drug-likeness (QED) is 0.698. The number of hydrazone groups is 1. The lowest BCUT2D eigenvalue weighted by atomic mass is 10.4. The molecule has 2 atom stereocenters. The van der Waals surface area contributed by atoms with E-state index < -0.39 is 0 Å². The van der Waals surface area contributed by atoms with Gasteiger partial charge in [0.15, 0.2) is 5.17 Å². The third-order valence-electron chi connectivity index (χ3n) is 2.63. The molecule has 0 unspecified atom stereocenters. The Hall–Kier alpha value is -1.11. The van der Waals surface area contributed by atoms with Gasteiger partial charge in [-0.15, -0.1) is 0 Å². The monoisotopic (exact) mass is 229 g/mol. The highest BCUT2D eigenvalue weighted by atomic mass is 32.2. The van der Waals surface area contributed by atoms with Crippen LogP contribution in [0.4, 0.5) is 4.79 Å². The molecule has 0 aromatic rings. The van der Waals surface area contributed by atoms with Crippen LogP contribution in [-0.4, -0.2) is 45.6 Å². The van der Waals surface area contributed by atoms with E-state index >= 15 is 0 Å². The van der Waals surface area contributed by atoms with E-state index in [4.69, 9.17) is 5.73 Å². The molecule has 0 bridgehead atoms. The Labute approximate surface area is 92.8 Å². The molecule has 1 saturated heterocycles. The molecular weight excluding hydrogens is 214 g/mol.